The maximum Gasteiger partial charge on any atom is 1.00 e. The van der Waals surface area contributed by atoms with E-state index < -0.39 is 21.9 Å². The van der Waals surface area contributed by atoms with Gasteiger partial charge in [0.1, 0.15) is 0 Å². The zero-order chi connectivity index (χ0) is 8.91. The molecule has 0 unspecified atom stereocenters. The Morgan fingerprint density at radius 1 is 1.58 bits per heavy atom. The minimum atomic E-state index is -4.14. The number of hydrogen-bond donors (Lipinski definition) is 1. The smallest absolute Gasteiger partial charge is 0.748 e. The van der Waals surface area contributed by atoms with Crippen LogP contribution in [0.25, 0.3) is 0 Å². The van der Waals surface area contributed by atoms with Crippen molar-refractivity contribution in [2.75, 3.05) is 17.8 Å². The fourth-order valence-corrected chi connectivity index (χ4v) is 1.84. The van der Waals surface area contributed by atoms with Crippen molar-refractivity contribution in [2.24, 2.45) is 5.73 Å². The molecule has 0 aliphatic carbocycles. The molecule has 4 nitrogen and oxygen atoms in total. The third-order valence-electron chi connectivity index (χ3n) is 1.11. The summed E-state index contributed by atoms with van der Waals surface area (Å²) >= 11 is 1.58. The molecular weight excluding hydrogens is 209 g/mol. The van der Waals surface area contributed by atoms with Gasteiger partial charge in [0.15, 0.2) is 0 Å². The van der Waals surface area contributed by atoms with Gasteiger partial charge < -0.3 is 10.3 Å². The summed E-state index contributed by atoms with van der Waals surface area (Å²) in [5.41, 5.74) is 5.35. The van der Waals surface area contributed by atoms with Crippen LogP contribution >= 0.6 is 11.8 Å². The van der Waals surface area contributed by atoms with Gasteiger partial charge in [-0.25, -0.2) is 8.42 Å². The van der Waals surface area contributed by atoms with Gasteiger partial charge in [-0.1, -0.05) is 0 Å². The summed E-state index contributed by atoms with van der Waals surface area (Å²) in [5, 5.41) is 0. The Kier molecular flexibility index (Phi) is 9.94. The fraction of sp³-hybridized carbons (Fsp3) is 1.00. The topological polar surface area (TPSA) is 83.2 Å². The van der Waals surface area contributed by atoms with E-state index in [1.165, 1.54) is 0 Å². The molecule has 2 N–H and O–H groups in total. The molecule has 0 aromatic rings. The van der Waals surface area contributed by atoms with E-state index in [0.29, 0.717) is 6.42 Å². The van der Waals surface area contributed by atoms with E-state index in [1.807, 2.05) is 6.26 Å². The first kappa shape index (κ1) is 15.7. The summed E-state index contributed by atoms with van der Waals surface area (Å²) in [5.74, 6) is 0.338. The largest absolute Gasteiger partial charge is 1.00 e. The molecule has 0 aliphatic heterocycles. The second-order valence-corrected chi connectivity index (χ2v) is 4.70. The number of thioether (sulfide) groups is 1. The van der Waals surface area contributed by atoms with Crippen molar-refractivity contribution in [1.29, 1.82) is 0 Å². The van der Waals surface area contributed by atoms with Crippen LogP contribution in [-0.2, 0) is 10.1 Å². The molecule has 1 atom stereocenters. The molecule has 0 bridgehead atoms. The van der Waals surface area contributed by atoms with Crippen LogP contribution in [0.3, 0.4) is 0 Å². The van der Waals surface area contributed by atoms with Crippen LogP contribution in [0.15, 0.2) is 0 Å². The second kappa shape index (κ2) is 7.61. The zero-order valence-corrected chi connectivity index (χ0v) is 11.0. The monoisotopic (exact) mass is 221 g/mol. The maximum absolute atomic E-state index is 10.2. The van der Waals surface area contributed by atoms with Crippen LogP contribution in [0.4, 0.5) is 0 Å². The van der Waals surface area contributed by atoms with E-state index in [4.69, 9.17) is 5.73 Å². The Morgan fingerprint density at radius 2 is 2.08 bits per heavy atom. The van der Waals surface area contributed by atoms with Crippen molar-refractivity contribution in [2.45, 2.75) is 12.5 Å². The van der Waals surface area contributed by atoms with Gasteiger partial charge in [-0.15, -0.1) is 0 Å². The molecule has 0 amide bonds. The molecule has 7 heteroatoms. The first-order chi connectivity index (χ1) is 4.95. The Morgan fingerprint density at radius 3 is 2.42 bits per heavy atom. The summed E-state index contributed by atoms with van der Waals surface area (Å²) in [6, 6.07) is -0.509. The standard InChI is InChI=1S/C5H13NO3S2.Na/c1-10-3-2-5(6)4-11(7,8)9;/h5H,2-4,6H2,1H3,(H,7,8,9);/q;+1/p-1/t5-;/m0./s1. The predicted molar refractivity (Wildman–Crippen MR) is 45.5 cm³/mol. The van der Waals surface area contributed by atoms with E-state index in [9.17, 15) is 13.0 Å². The van der Waals surface area contributed by atoms with Crippen LogP contribution in [0.2, 0.25) is 0 Å². The maximum atomic E-state index is 10.2. The van der Waals surface area contributed by atoms with E-state index in [2.05, 4.69) is 0 Å². The van der Waals surface area contributed by atoms with Crippen LogP contribution < -0.4 is 35.3 Å². The van der Waals surface area contributed by atoms with Crippen molar-refractivity contribution in [1.82, 2.24) is 0 Å². The minimum Gasteiger partial charge on any atom is -0.748 e. The zero-order valence-electron chi connectivity index (χ0n) is 7.32. The van der Waals surface area contributed by atoms with E-state index in [-0.39, 0.29) is 29.6 Å². The molecule has 0 radical (unpaired) electrons. The van der Waals surface area contributed by atoms with Gasteiger partial charge in [-0.05, 0) is 18.4 Å². The van der Waals surface area contributed by atoms with Gasteiger partial charge >= 0.3 is 29.6 Å². The molecule has 0 rings (SSSR count). The van der Waals surface area contributed by atoms with Crippen LogP contribution in [0.1, 0.15) is 6.42 Å². The van der Waals surface area contributed by atoms with Gasteiger partial charge in [0.05, 0.1) is 15.9 Å². The normalized spacial score (nSPS) is 13.6. The Labute approximate surface area is 99.7 Å². The quantitative estimate of drug-likeness (QED) is 0.387. The third kappa shape index (κ3) is 11.2. The van der Waals surface area contributed by atoms with Crippen LogP contribution in [-0.4, -0.2) is 36.8 Å². The first-order valence-corrected chi connectivity index (χ1v) is 6.11. The van der Waals surface area contributed by atoms with Crippen molar-refractivity contribution in [3.05, 3.63) is 0 Å². The third-order valence-corrected chi connectivity index (χ3v) is 2.59. The van der Waals surface area contributed by atoms with Crippen molar-refractivity contribution < 1.29 is 42.5 Å². The fourth-order valence-electron chi connectivity index (χ4n) is 0.615. The number of rotatable bonds is 5. The van der Waals surface area contributed by atoms with Crippen LogP contribution in [0, 0.1) is 0 Å². The van der Waals surface area contributed by atoms with E-state index in [0.717, 1.165) is 5.75 Å². The molecule has 68 valence electrons. The molecule has 0 aliphatic rings. The van der Waals surface area contributed by atoms with Crippen molar-refractivity contribution in [3.63, 3.8) is 0 Å². The summed E-state index contributed by atoms with van der Waals surface area (Å²) in [7, 11) is -4.14. The van der Waals surface area contributed by atoms with Crippen molar-refractivity contribution >= 4 is 21.9 Å². The van der Waals surface area contributed by atoms with Gasteiger partial charge in [-0.2, -0.15) is 11.8 Å². The molecule has 0 aromatic heterocycles. The Balaban J connectivity index is 0. The van der Waals surface area contributed by atoms with E-state index >= 15 is 0 Å². The molecule has 0 saturated heterocycles. The molecule has 0 aromatic carbocycles. The molecule has 0 spiro atoms. The summed E-state index contributed by atoms with van der Waals surface area (Å²) < 4.78 is 30.5. The Bertz CT molecular complexity index is 195. The predicted octanol–water partition coefficient (Wildman–Crippen LogP) is -3.38. The SMILES string of the molecule is CSCC[C@H](N)CS(=O)(=O)[O-].[Na+]. The first-order valence-electron chi connectivity index (χ1n) is 3.14. The average Bonchev–Trinajstić information content (AvgIpc) is 1.79. The minimum absolute atomic E-state index is 0. The van der Waals surface area contributed by atoms with Gasteiger partial charge in [0.2, 0.25) is 0 Å². The second-order valence-electron chi connectivity index (χ2n) is 2.27. The number of nitrogens with two attached hydrogens (primary N) is 1. The summed E-state index contributed by atoms with van der Waals surface area (Å²) in [6.07, 6.45) is 2.47. The summed E-state index contributed by atoms with van der Waals surface area (Å²) in [4.78, 5) is 0. The van der Waals surface area contributed by atoms with E-state index in [1.54, 1.807) is 11.8 Å². The molecule has 0 heterocycles. The Hall–Kier alpha value is 1.22. The average molecular weight is 221 g/mol. The molecular formula is C5H12NNaO3S2. The molecule has 0 fully saturated rings. The van der Waals surface area contributed by atoms with Gasteiger partial charge in [0, 0.05) is 6.04 Å². The van der Waals surface area contributed by atoms with Gasteiger partial charge in [-0.3, -0.25) is 0 Å². The number of hydrogen-bond acceptors (Lipinski definition) is 5. The van der Waals surface area contributed by atoms with Gasteiger partial charge in [0.25, 0.3) is 0 Å². The van der Waals surface area contributed by atoms with Crippen LogP contribution in [0.5, 0.6) is 0 Å². The molecule has 0 saturated carbocycles. The molecule has 12 heavy (non-hydrogen) atoms. The summed E-state index contributed by atoms with van der Waals surface area (Å²) in [6.45, 7) is 0. The van der Waals surface area contributed by atoms with Crippen molar-refractivity contribution in [3.8, 4) is 0 Å².